The van der Waals surface area contributed by atoms with Crippen LogP contribution >= 0.6 is 0 Å². The van der Waals surface area contributed by atoms with Gasteiger partial charge in [-0.2, -0.15) is 0 Å². The molecule has 1 rings (SSSR count). The zero-order chi connectivity index (χ0) is 15.7. The number of nitrogens with zero attached hydrogens (tertiary/aromatic N) is 2. The molecule has 0 spiro atoms. The van der Waals surface area contributed by atoms with E-state index >= 15 is 0 Å². The number of nitro groups is 1. The van der Waals surface area contributed by atoms with Crippen LogP contribution in [-0.4, -0.2) is 24.5 Å². The van der Waals surface area contributed by atoms with E-state index in [9.17, 15) is 10.1 Å². The maximum Gasteiger partial charge on any atom is 0.274 e. The van der Waals surface area contributed by atoms with Crippen molar-refractivity contribution in [3.63, 3.8) is 0 Å². The topological polar surface area (TPSA) is 79.6 Å². The molecule has 6 heteroatoms. The van der Waals surface area contributed by atoms with E-state index in [0.29, 0.717) is 24.0 Å². The Hall–Kier alpha value is -2.11. The summed E-state index contributed by atoms with van der Waals surface area (Å²) >= 11 is 0. The Morgan fingerprint density at radius 3 is 2.52 bits per heavy atom. The van der Waals surface area contributed by atoms with Crippen LogP contribution in [0.1, 0.15) is 32.3 Å². The standard InChI is InChI=1S/C15H24N4O2/c1-4-12(5-2)10-17-15(16-3)18-11-13-8-6-7-9-14(13)19(20)21/h6-9,12H,4-5,10-11H2,1-3H3,(H2,16,17,18). The van der Waals surface area contributed by atoms with Crippen molar-refractivity contribution in [3.05, 3.63) is 39.9 Å². The molecule has 0 bridgehead atoms. The number of rotatable bonds is 7. The minimum Gasteiger partial charge on any atom is -0.356 e. The highest BCUT2D eigenvalue weighted by Gasteiger charge is 2.12. The van der Waals surface area contributed by atoms with E-state index in [-0.39, 0.29) is 10.6 Å². The number of nitrogens with one attached hydrogen (secondary N) is 2. The molecule has 1 aromatic rings. The third kappa shape index (κ3) is 5.41. The molecule has 0 fully saturated rings. The van der Waals surface area contributed by atoms with Gasteiger partial charge in [0.2, 0.25) is 0 Å². The zero-order valence-corrected chi connectivity index (χ0v) is 12.9. The maximum absolute atomic E-state index is 11.0. The summed E-state index contributed by atoms with van der Waals surface area (Å²) in [5, 5.41) is 17.3. The Balaban J connectivity index is 2.58. The third-order valence-corrected chi connectivity index (χ3v) is 3.57. The molecule has 0 radical (unpaired) electrons. The lowest BCUT2D eigenvalue weighted by Crippen LogP contribution is -2.39. The Morgan fingerprint density at radius 2 is 1.95 bits per heavy atom. The van der Waals surface area contributed by atoms with Crippen LogP contribution in [-0.2, 0) is 6.54 Å². The van der Waals surface area contributed by atoms with Gasteiger partial charge in [-0.1, -0.05) is 44.9 Å². The number of benzene rings is 1. The largest absolute Gasteiger partial charge is 0.356 e. The molecule has 0 aliphatic heterocycles. The first-order chi connectivity index (χ1) is 10.1. The Kier molecular flexibility index (Phi) is 7.21. The summed E-state index contributed by atoms with van der Waals surface area (Å²) < 4.78 is 0. The van der Waals surface area contributed by atoms with Crippen LogP contribution in [0.4, 0.5) is 5.69 Å². The van der Waals surface area contributed by atoms with Crippen molar-refractivity contribution in [1.82, 2.24) is 10.6 Å². The summed E-state index contributed by atoms with van der Waals surface area (Å²) in [6.45, 7) is 5.56. The van der Waals surface area contributed by atoms with Gasteiger partial charge in [-0.25, -0.2) is 0 Å². The second-order valence-electron chi connectivity index (χ2n) is 4.88. The molecule has 21 heavy (non-hydrogen) atoms. The Bertz CT molecular complexity index is 484. The van der Waals surface area contributed by atoms with Gasteiger partial charge in [-0.05, 0) is 5.92 Å². The average molecular weight is 292 g/mol. The zero-order valence-electron chi connectivity index (χ0n) is 12.9. The van der Waals surface area contributed by atoms with Gasteiger partial charge in [0.05, 0.1) is 4.92 Å². The van der Waals surface area contributed by atoms with Crippen LogP contribution in [0.15, 0.2) is 29.3 Å². The lowest BCUT2D eigenvalue weighted by atomic mass is 10.0. The highest BCUT2D eigenvalue weighted by atomic mass is 16.6. The van der Waals surface area contributed by atoms with E-state index in [2.05, 4.69) is 29.5 Å². The fourth-order valence-corrected chi connectivity index (χ4v) is 2.06. The molecule has 0 aliphatic carbocycles. The molecule has 2 N–H and O–H groups in total. The van der Waals surface area contributed by atoms with Crippen molar-refractivity contribution in [2.75, 3.05) is 13.6 Å². The van der Waals surface area contributed by atoms with Crippen LogP contribution in [0.5, 0.6) is 0 Å². The number of para-hydroxylation sites is 1. The summed E-state index contributed by atoms with van der Waals surface area (Å²) in [6.07, 6.45) is 2.23. The molecule has 0 aliphatic rings. The molecule has 116 valence electrons. The fraction of sp³-hybridized carbons (Fsp3) is 0.533. The van der Waals surface area contributed by atoms with Crippen LogP contribution in [0.25, 0.3) is 0 Å². The second kappa shape index (κ2) is 8.94. The van der Waals surface area contributed by atoms with Gasteiger partial charge in [-0.15, -0.1) is 0 Å². The van der Waals surface area contributed by atoms with Gasteiger partial charge in [0, 0.05) is 31.8 Å². The van der Waals surface area contributed by atoms with Gasteiger partial charge in [0.1, 0.15) is 0 Å². The van der Waals surface area contributed by atoms with Crippen LogP contribution in [0.2, 0.25) is 0 Å². The molecule has 6 nitrogen and oxygen atoms in total. The highest BCUT2D eigenvalue weighted by Crippen LogP contribution is 2.16. The third-order valence-electron chi connectivity index (χ3n) is 3.57. The van der Waals surface area contributed by atoms with E-state index in [4.69, 9.17) is 0 Å². The summed E-state index contributed by atoms with van der Waals surface area (Å²) in [5.41, 5.74) is 0.772. The van der Waals surface area contributed by atoms with E-state index < -0.39 is 0 Å². The first-order valence-corrected chi connectivity index (χ1v) is 7.29. The van der Waals surface area contributed by atoms with Gasteiger partial charge in [0.15, 0.2) is 5.96 Å². The molecule has 0 unspecified atom stereocenters. The molecule has 0 saturated heterocycles. The monoisotopic (exact) mass is 292 g/mol. The molecule has 1 aromatic carbocycles. The summed E-state index contributed by atoms with van der Waals surface area (Å²) in [7, 11) is 1.70. The van der Waals surface area contributed by atoms with Crippen molar-refractivity contribution < 1.29 is 4.92 Å². The lowest BCUT2D eigenvalue weighted by molar-refractivity contribution is -0.385. The number of guanidine groups is 1. The molecule has 0 heterocycles. The van der Waals surface area contributed by atoms with E-state index in [0.717, 1.165) is 19.4 Å². The first-order valence-electron chi connectivity index (χ1n) is 7.29. The van der Waals surface area contributed by atoms with E-state index in [1.807, 2.05) is 0 Å². The maximum atomic E-state index is 11.0. The fourth-order valence-electron chi connectivity index (χ4n) is 2.06. The van der Waals surface area contributed by atoms with Gasteiger partial charge < -0.3 is 10.6 Å². The number of aliphatic imine (C=N–C) groups is 1. The minimum atomic E-state index is -0.364. The van der Waals surface area contributed by atoms with Crippen LogP contribution in [0, 0.1) is 16.0 Å². The molecule has 0 amide bonds. The quantitative estimate of drug-likeness (QED) is 0.350. The highest BCUT2D eigenvalue weighted by molar-refractivity contribution is 5.79. The normalized spacial score (nSPS) is 11.5. The number of hydrogen-bond donors (Lipinski definition) is 2. The lowest BCUT2D eigenvalue weighted by Gasteiger charge is -2.16. The van der Waals surface area contributed by atoms with Crippen molar-refractivity contribution in [2.45, 2.75) is 33.2 Å². The second-order valence-corrected chi connectivity index (χ2v) is 4.88. The van der Waals surface area contributed by atoms with Crippen molar-refractivity contribution >= 4 is 11.6 Å². The minimum absolute atomic E-state index is 0.125. The summed E-state index contributed by atoms with van der Waals surface area (Å²) in [5.74, 6) is 1.27. The summed E-state index contributed by atoms with van der Waals surface area (Å²) in [6, 6.07) is 6.73. The average Bonchev–Trinajstić information content (AvgIpc) is 2.51. The van der Waals surface area contributed by atoms with E-state index in [1.54, 1.807) is 25.2 Å². The molecule has 0 saturated carbocycles. The van der Waals surface area contributed by atoms with Crippen LogP contribution in [0.3, 0.4) is 0 Å². The SMILES string of the molecule is CCC(CC)CNC(=NC)NCc1ccccc1[N+](=O)[O-]. The van der Waals surface area contributed by atoms with Crippen LogP contribution < -0.4 is 10.6 Å². The van der Waals surface area contributed by atoms with Gasteiger partial charge >= 0.3 is 0 Å². The number of hydrogen-bond acceptors (Lipinski definition) is 3. The van der Waals surface area contributed by atoms with Gasteiger partial charge in [-0.3, -0.25) is 15.1 Å². The Morgan fingerprint density at radius 1 is 1.29 bits per heavy atom. The molecular formula is C15H24N4O2. The predicted octanol–water partition coefficient (Wildman–Crippen LogP) is 2.70. The van der Waals surface area contributed by atoms with Crippen molar-refractivity contribution in [1.29, 1.82) is 0 Å². The van der Waals surface area contributed by atoms with Crippen molar-refractivity contribution in [2.24, 2.45) is 10.9 Å². The molecule has 0 aromatic heterocycles. The summed E-state index contributed by atoms with van der Waals surface area (Å²) in [4.78, 5) is 14.7. The molecular weight excluding hydrogens is 268 g/mol. The van der Waals surface area contributed by atoms with Crippen molar-refractivity contribution in [3.8, 4) is 0 Å². The van der Waals surface area contributed by atoms with Gasteiger partial charge in [0.25, 0.3) is 5.69 Å². The first kappa shape index (κ1) is 16.9. The van der Waals surface area contributed by atoms with E-state index in [1.165, 1.54) is 6.07 Å². The predicted molar refractivity (Wildman–Crippen MR) is 85.4 cm³/mol. The Labute approximate surface area is 125 Å². The number of nitro benzene ring substituents is 1. The molecule has 0 atom stereocenters. The smallest absolute Gasteiger partial charge is 0.274 e.